The summed E-state index contributed by atoms with van der Waals surface area (Å²) in [6, 6.07) is 18.6. The van der Waals surface area contributed by atoms with E-state index >= 15 is 0 Å². The molecule has 0 spiro atoms. The lowest BCUT2D eigenvalue weighted by atomic mass is 10.1. The molecule has 2 aromatic heterocycles. The van der Waals surface area contributed by atoms with Crippen molar-refractivity contribution in [2.45, 2.75) is 27.0 Å². The summed E-state index contributed by atoms with van der Waals surface area (Å²) in [4.78, 5) is 12.5. The molecule has 0 fully saturated rings. The number of para-hydroxylation sites is 1. The minimum atomic E-state index is -0.366. The number of benzene rings is 2. The van der Waals surface area contributed by atoms with Crippen LogP contribution < -0.4 is 10.1 Å². The summed E-state index contributed by atoms with van der Waals surface area (Å²) in [6.45, 7) is 4.81. The van der Waals surface area contributed by atoms with Crippen molar-refractivity contribution in [3.8, 4) is 5.75 Å². The minimum absolute atomic E-state index is 0.201. The van der Waals surface area contributed by atoms with Crippen LogP contribution >= 0.6 is 11.6 Å². The Morgan fingerprint density at radius 3 is 2.55 bits per heavy atom. The Balaban J connectivity index is 1.35. The number of rotatable bonds is 7. The first-order valence-electron chi connectivity index (χ1n) is 9.85. The van der Waals surface area contributed by atoms with Crippen LogP contribution in [0.3, 0.4) is 0 Å². The number of carbonyl (C=O) groups excluding carboxylic acids is 1. The van der Waals surface area contributed by atoms with Crippen LogP contribution in [-0.4, -0.2) is 15.7 Å². The molecule has 0 unspecified atom stereocenters. The van der Waals surface area contributed by atoms with Crippen molar-refractivity contribution >= 4 is 23.3 Å². The zero-order chi connectivity index (χ0) is 21.8. The smallest absolute Gasteiger partial charge is 0.292 e. The van der Waals surface area contributed by atoms with Gasteiger partial charge in [0.1, 0.15) is 18.1 Å². The van der Waals surface area contributed by atoms with Gasteiger partial charge in [-0.25, -0.2) is 0 Å². The largest absolute Gasteiger partial charge is 0.485 e. The average molecular weight is 436 g/mol. The Morgan fingerprint density at radius 1 is 1.06 bits per heavy atom. The molecule has 31 heavy (non-hydrogen) atoms. The predicted molar refractivity (Wildman–Crippen MR) is 120 cm³/mol. The van der Waals surface area contributed by atoms with Crippen LogP contribution in [0, 0.1) is 13.8 Å². The van der Waals surface area contributed by atoms with Gasteiger partial charge in [-0.05, 0) is 54.8 Å². The van der Waals surface area contributed by atoms with Crippen LogP contribution in [0.1, 0.15) is 33.0 Å². The average Bonchev–Trinajstić information content (AvgIpc) is 3.39. The Hall–Kier alpha value is -3.51. The first-order valence-corrected chi connectivity index (χ1v) is 10.2. The summed E-state index contributed by atoms with van der Waals surface area (Å²) in [5.74, 6) is 1.68. The molecule has 0 saturated heterocycles. The van der Waals surface area contributed by atoms with Gasteiger partial charge >= 0.3 is 0 Å². The van der Waals surface area contributed by atoms with Crippen LogP contribution in [0.5, 0.6) is 5.75 Å². The maximum absolute atomic E-state index is 12.5. The van der Waals surface area contributed by atoms with Crippen LogP contribution in [-0.2, 0) is 13.2 Å². The molecule has 6 nitrogen and oxygen atoms in total. The lowest BCUT2D eigenvalue weighted by Gasteiger charge is -2.10. The summed E-state index contributed by atoms with van der Waals surface area (Å²) in [5, 5.41) is 7.82. The van der Waals surface area contributed by atoms with Crippen LogP contribution in [0.15, 0.2) is 71.3 Å². The van der Waals surface area contributed by atoms with Gasteiger partial charge in [-0.3, -0.25) is 9.48 Å². The molecular formula is C24H22ClN3O3. The Morgan fingerprint density at radius 2 is 1.81 bits per heavy atom. The molecule has 0 aliphatic heterocycles. The van der Waals surface area contributed by atoms with E-state index in [0.717, 1.165) is 22.4 Å². The normalized spacial score (nSPS) is 10.8. The number of nitrogens with one attached hydrogen (secondary N) is 1. The van der Waals surface area contributed by atoms with E-state index in [1.165, 1.54) is 0 Å². The van der Waals surface area contributed by atoms with Gasteiger partial charge in [-0.1, -0.05) is 41.9 Å². The number of hydrogen-bond donors (Lipinski definition) is 1. The maximum atomic E-state index is 12.5. The van der Waals surface area contributed by atoms with Crippen molar-refractivity contribution in [2.75, 3.05) is 5.32 Å². The monoisotopic (exact) mass is 435 g/mol. The zero-order valence-electron chi connectivity index (χ0n) is 17.3. The molecule has 0 atom stereocenters. The van der Waals surface area contributed by atoms with E-state index in [4.69, 9.17) is 20.8 Å². The third-order valence-corrected chi connectivity index (χ3v) is 5.05. The molecule has 4 rings (SSSR count). The fourth-order valence-electron chi connectivity index (χ4n) is 3.22. The third kappa shape index (κ3) is 5.16. The Labute approximate surface area is 185 Å². The SMILES string of the molecule is Cc1cccc(C)c1OCc1ccc(C(=O)Nc2ccn(Cc3ccc(Cl)cc3)n2)o1. The molecule has 0 aliphatic rings. The van der Waals surface area contributed by atoms with Gasteiger partial charge in [0.15, 0.2) is 11.6 Å². The number of hydrogen-bond acceptors (Lipinski definition) is 4. The van der Waals surface area contributed by atoms with E-state index in [1.54, 1.807) is 29.1 Å². The van der Waals surface area contributed by atoms with Gasteiger partial charge in [0.2, 0.25) is 0 Å². The summed E-state index contributed by atoms with van der Waals surface area (Å²) in [6.07, 6.45) is 1.80. The molecule has 0 bridgehead atoms. The standard InChI is InChI=1S/C24H22ClN3O3/c1-16-4-3-5-17(2)23(16)30-15-20-10-11-21(31-20)24(29)26-22-12-13-28(27-22)14-18-6-8-19(25)9-7-18/h3-13H,14-15H2,1-2H3,(H,26,27,29). The first-order chi connectivity index (χ1) is 15.0. The highest BCUT2D eigenvalue weighted by atomic mass is 35.5. The van der Waals surface area contributed by atoms with Crippen LogP contribution in [0.4, 0.5) is 5.82 Å². The van der Waals surface area contributed by atoms with Gasteiger partial charge in [0.05, 0.1) is 6.54 Å². The number of furan rings is 1. The number of aryl methyl sites for hydroxylation is 2. The fourth-order valence-corrected chi connectivity index (χ4v) is 3.34. The number of nitrogens with zero attached hydrogens (tertiary/aromatic N) is 2. The van der Waals surface area contributed by atoms with Crippen LogP contribution in [0.25, 0.3) is 0 Å². The molecule has 1 amide bonds. The van der Waals surface area contributed by atoms with Gasteiger partial charge in [-0.2, -0.15) is 5.10 Å². The lowest BCUT2D eigenvalue weighted by molar-refractivity contribution is 0.0992. The predicted octanol–water partition coefficient (Wildman–Crippen LogP) is 5.63. The molecule has 2 aromatic carbocycles. The van der Waals surface area contributed by atoms with Crippen molar-refractivity contribution in [2.24, 2.45) is 0 Å². The van der Waals surface area contributed by atoms with E-state index in [1.807, 2.05) is 56.3 Å². The summed E-state index contributed by atoms with van der Waals surface area (Å²) >= 11 is 5.91. The van der Waals surface area contributed by atoms with E-state index < -0.39 is 0 Å². The van der Waals surface area contributed by atoms with Gasteiger partial charge in [0, 0.05) is 17.3 Å². The first kappa shape index (κ1) is 20.8. The molecule has 0 radical (unpaired) electrons. The van der Waals surface area contributed by atoms with Gasteiger partial charge in [-0.15, -0.1) is 0 Å². The quantitative estimate of drug-likeness (QED) is 0.408. The number of aromatic nitrogens is 2. The summed E-state index contributed by atoms with van der Waals surface area (Å²) < 4.78 is 13.3. The van der Waals surface area contributed by atoms with E-state index in [9.17, 15) is 4.79 Å². The number of halogens is 1. The fraction of sp³-hybridized carbons (Fsp3) is 0.167. The second-order valence-electron chi connectivity index (χ2n) is 7.25. The minimum Gasteiger partial charge on any atom is -0.485 e. The van der Waals surface area contributed by atoms with Gasteiger partial charge < -0.3 is 14.5 Å². The molecule has 0 aliphatic carbocycles. The number of anilines is 1. The molecule has 4 aromatic rings. The van der Waals surface area contributed by atoms with Crippen molar-refractivity contribution in [1.29, 1.82) is 0 Å². The third-order valence-electron chi connectivity index (χ3n) is 4.79. The van der Waals surface area contributed by atoms with Crippen molar-refractivity contribution in [3.05, 3.63) is 100 Å². The lowest BCUT2D eigenvalue weighted by Crippen LogP contribution is -2.12. The topological polar surface area (TPSA) is 69.3 Å². The van der Waals surface area contributed by atoms with Crippen molar-refractivity contribution < 1.29 is 13.9 Å². The Bertz CT molecular complexity index is 1170. The molecule has 2 heterocycles. The number of carbonyl (C=O) groups is 1. The highest BCUT2D eigenvalue weighted by molar-refractivity contribution is 6.30. The van der Waals surface area contributed by atoms with Gasteiger partial charge in [0.25, 0.3) is 5.91 Å². The number of ether oxygens (including phenoxy) is 1. The van der Waals surface area contributed by atoms with Crippen LogP contribution in [0.2, 0.25) is 5.02 Å². The summed E-state index contributed by atoms with van der Waals surface area (Å²) in [7, 11) is 0. The Kier molecular flexibility index (Phi) is 6.09. The second-order valence-corrected chi connectivity index (χ2v) is 7.69. The molecular weight excluding hydrogens is 414 g/mol. The van der Waals surface area contributed by atoms with Crippen molar-refractivity contribution in [3.63, 3.8) is 0 Å². The molecule has 158 valence electrons. The van der Waals surface area contributed by atoms with E-state index in [0.29, 0.717) is 23.1 Å². The highest BCUT2D eigenvalue weighted by Crippen LogP contribution is 2.24. The zero-order valence-corrected chi connectivity index (χ0v) is 18.0. The molecule has 7 heteroatoms. The number of amides is 1. The van der Waals surface area contributed by atoms with E-state index in [-0.39, 0.29) is 18.3 Å². The molecule has 1 N–H and O–H groups in total. The highest BCUT2D eigenvalue weighted by Gasteiger charge is 2.14. The molecule has 0 saturated carbocycles. The van der Waals surface area contributed by atoms with E-state index in [2.05, 4.69) is 10.4 Å². The second kappa shape index (κ2) is 9.10. The summed E-state index contributed by atoms with van der Waals surface area (Å²) in [5.41, 5.74) is 3.17. The van der Waals surface area contributed by atoms with Crippen molar-refractivity contribution in [1.82, 2.24) is 9.78 Å². The maximum Gasteiger partial charge on any atom is 0.292 e.